The fourth-order valence-electron chi connectivity index (χ4n) is 5.22. The molecule has 1 fully saturated rings. The number of aromatic nitrogens is 2. The number of amides is 2. The average Bonchev–Trinajstić information content (AvgIpc) is 3.46. The predicted molar refractivity (Wildman–Crippen MR) is 145 cm³/mol. The number of sulfone groups is 1. The molecule has 2 amide bonds. The van der Waals surface area contributed by atoms with Crippen molar-refractivity contribution >= 4 is 33.3 Å². The van der Waals surface area contributed by atoms with E-state index in [0.717, 1.165) is 5.56 Å². The van der Waals surface area contributed by atoms with Crippen molar-refractivity contribution in [3.05, 3.63) is 63.8 Å². The summed E-state index contributed by atoms with van der Waals surface area (Å²) in [6, 6.07) is 7.15. The largest absolute Gasteiger partial charge is 0.457 e. The van der Waals surface area contributed by atoms with Gasteiger partial charge in [-0.05, 0) is 50.8 Å². The van der Waals surface area contributed by atoms with Gasteiger partial charge < -0.3 is 19.7 Å². The number of nitrogens with zero attached hydrogens (tertiary/aromatic N) is 3. The minimum Gasteiger partial charge on any atom is -0.457 e. The van der Waals surface area contributed by atoms with E-state index in [1.165, 1.54) is 10.9 Å². The molecule has 0 atom stereocenters. The summed E-state index contributed by atoms with van der Waals surface area (Å²) in [5.74, 6) is -1.38. The molecule has 0 unspecified atom stereocenters. The van der Waals surface area contributed by atoms with Gasteiger partial charge in [0.15, 0.2) is 21.3 Å². The molecule has 5 rings (SSSR count). The van der Waals surface area contributed by atoms with Crippen LogP contribution >= 0.6 is 11.6 Å². The smallest absolute Gasteiger partial charge is 0.272 e. The zero-order valence-corrected chi connectivity index (χ0v) is 24.3. The van der Waals surface area contributed by atoms with Crippen molar-refractivity contribution in [2.45, 2.75) is 68.8 Å². The van der Waals surface area contributed by atoms with Crippen LogP contribution in [-0.2, 0) is 39.3 Å². The number of carbonyl (C=O) groups is 2. The Labute approximate surface area is 233 Å². The molecule has 210 valence electrons. The lowest BCUT2D eigenvalue weighted by atomic mass is 10.0. The Balaban J connectivity index is 1.32. The first-order valence-corrected chi connectivity index (χ1v) is 14.7. The van der Waals surface area contributed by atoms with Crippen LogP contribution in [0.5, 0.6) is 0 Å². The SMILES string of the molecule is Cn1nc(C(=O)NCc2ccc(Cl)cc2)c2c1C(=O)N(CC1(S(=O)(=O)C(C)(C)C3=COC(C)(C)O3)CC1)CC2. The van der Waals surface area contributed by atoms with Crippen molar-refractivity contribution in [1.29, 1.82) is 0 Å². The molecule has 39 heavy (non-hydrogen) atoms. The number of fused-ring (bicyclic) bond motifs is 1. The van der Waals surface area contributed by atoms with Gasteiger partial charge in [0, 0.05) is 51.1 Å². The predicted octanol–water partition coefficient (Wildman–Crippen LogP) is 3.35. The van der Waals surface area contributed by atoms with E-state index in [2.05, 4.69) is 10.4 Å². The van der Waals surface area contributed by atoms with Crippen molar-refractivity contribution < 1.29 is 27.5 Å². The summed E-state index contributed by atoms with van der Waals surface area (Å²) in [7, 11) is -2.16. The topological polar surface area (TPSA) is 120 Å². The normalized spacial score (nSPS) is 19.6. The molecule has 3 aliphatic rings. The third-order valence-corrected chi connectivity index (χ3v) is 11.2. The first-order valence-electron chi connectivity index (χ1n) is 12.9. The molecular formula is C27H33ClN4O6S. The summed E-state index contributed by atoms with van der Waals surface area (Å²) >= 11 is 5.93. The Kier molecular flexibility index (Phi) is 6.53. The van der Waals surface area contributed by atoms with Gasteiger partial charge in [0.05, 0.1) is 4.75 Å². The Morgan fingerprint density at radius 3 is 2.46 bits per heavy atom. The number of nitrogens with one attached hydrogen (secondary N) is 1. The van der Waals surface area contributed by atoms with Crippen LogP contribution in [0.4, 0.5) is 0 Å². The van der Waals surface area contributed by atoms with Gasteiger partial charge in [-0.25, -0.2) is 8.42 Å². The number of ether oxygens (including phenoxy) is 2. The molecule has 12 heteroatoms. The molecule has 1 aromatic carbocycles. The highest BCUT2D eigenvalue weighted by Crippen LogP contribution is 2.52. The van der Waals surface area contributed by atoms with E-state index in [1.807, 2.05) is 12.1 Å². The second-order valence-corrected chi connectivity index (χ2v) is 14.7. The van der Waals surface area contributed by atoms with Gasteiger partial charge in [0.1, 0.15) is 16.7 Å². The van der Waals surface area contributed by atoms with Crippen molar-refractivity contribution in [1.82, 2.24) is 20.0 Å². The van der Waals surface area contributed by atoms with Crippen LogP contribution in [-0.4, -0.2) is 63.3 Å². The maximum Gasteiger partial charge on any atom is 0.272 e. The van der Waals surface area contributed by atoms with Gasteiger partial charge in [0.2, 0.25) is 5.79 Å². The molecule has 0 radical (unpaired) electrons. The van der Waals surface area contributed by atoms with Crippen LogP contribution in [0.3, 0.4) is 0 Å². The molecule has 1 saturated carbocycles. The molecule has 2 aromatic rings. The van der Waals surface area contributed by atoms with Crippen molar-refractivity contribution in [2.24, 2.45) is 7.05 Å². The molecule has 1 aromatic heterocycles. The van der Waals surface area contributed by atoms with E-state index >= 15 is 0 Å². The van der Waals surface area contributed by atoms with Crippen molar-refractivity contribution in [3.8, 4) is 0 Å². The summed E-state index contributed by atoms with van der Waals surface area (Å²) < 4.78 is 38.2. The van der Waals surface area contributed by atoms with E-state index in [-0.39, 0.29) is 29.8 Å². The lowest BCUT2D eigenvalue weighted by molar-refractivity contribution is -0.119. The minimum atomic E-state index is -3.78. The van der Waals surface area contributed by atoms with E-state index < -0.39 is 25.1 Å². The van der Waals surface area contributed by atoms with Crippen molar-refractivity contribution in [2.75, 3.05) is 13.1 Å². The van der Waals surface area contributed by atoms with Gasteiger partial charge >= 0.3 is 0 Å². The Morgan fingerprint density at radius 1 is 1.21 bits per heavy atom. The third kappa shape index (κ3) is 4.69. The minimum absolute atomic E-state index is 0.0673. The van der Waals surface area contributed by atoms with E-state index in [4.69, 9.17) is 21.1 Å². The summed E-state index contributed by atoms with van der Waals surface area (Å²) in [5, 5.41) is 7.81. The standard InChI is InChI=1S/C27H33ClN4O6S/c1-25(2,20-15-37-26(3,4)38-20)39(35,36)27(11-12-27)16-32-13-10-19-21(30-31(5)22(19)24(32)34)23(33)29-14-17-6-8-18(28)9-7-17/h6-9,15H,10-14,16H2,1-5H3,(H,29,33). The lowest BCUT2D eigenvalue weighted by Crippen LogP contribution is -2.51. The zero-order chi connectivity index (χ0) is 28.4. The van der Waals surface area contributed by atoms with Crippen LogP contribution in [0.15, 0.2) is 36.3 Å². The van der Waals surface area contributed by atoms with E-state index in [0.29, 0.717) is 48.6 Å². The van der Waals surface area contributed by atoms with Crippen LogP contribution in [0.1, 0.15) is 72.6 Å². The molecule has 0 saturated heterocycles. The van der Waals surface area contributed by atoms with Gasteiger partial charge in [-0.2, -0.15) is 5.10 Å². The number of benzene rings is 1. The first-order chi connectivity index (χ1) is 18.2. The molecule has 1 aliphatic carbocycles. The maximum atomic E-state index is 13.9. The molecular weight excluding hydrogens is 544 g/mol. The highest BCUT2D eigenvalue weighted by molar-refractivity contribution is 7.94. The van der Waals surface area contributed by atoms with Gasteiger partial charge in [-0.1, -0.05) is 23.7 Å². The maximum absolute atomic E-state index is 13.9. The zero-order valence-electron chi connectivity index (χ0n) is 22.7. The van der Waals surface area contributed by atoms with E-state index in [1.54, 1.807) is 51.8 Å². The lowest BCUT2D eigenvalue weighted by Gasteiger charge is -2.35. The van der Waals surface area contributed by atoms with Crippen LogP contribution in [0.25, 0.3) is 0 Å². The monoisotopic (exact) mass is 576 g/mol. The molecule has 2 aliphatic heterocycles. The van der Waals surface area contributed by atoms with Gasteiger partial charge in [0.25, 0.3) is 11.8 Å². The fourth-order valence-corrected chi connectivity index (χ4v) is 7.75. The summed E-state index contributed by atoms with van der Waals surface area (Å²) in [6.45, 7) is 7.32. The molecule has 3 heterocycles. The first kappa shape index (κ1) is 27.5. The van der Waals surface area contributed by atoms with Crippen LogP contribution < -0.4 is 5.32 Å². The average molecular weight is 577 g/mol. The van der Waals surface area contributed by atoms with Crippen molar-refractivity contribution in [3.63, 3.8) is 0 Å². The number of hydrogen-bond acceptors (Lipinski definition) is 7. The molecule has 10 nitrogen and oxygen atoms in total. The number of hydrogen-bond donors (Lipinski definition) is 1. The third-order valence-electron chi connectivity index (χ3n) is 7.78. The van der Waals surface area contributed by atoms with Gasteiger partial charge in [-0.3, -0.25) is 14.3 Å². The summed E-state index contributed by atoms with van der Waals surface area (Å²) in [6.07, 6.45) is 2.68. The van der Waals surface area contributed by atoms with Crippen LogP contribution in [0, 0.1) is 0 Å². The number of halogens is 1. The summed E-state index contributed by atoms with van der Waals surface area (Å²) in [5.41, 5.74) is 1.97. The second kappa shape index (κ2) is 9.26. The van der Waals surface area contributed by atoms with Gasteiger partial charge in [-0.15, -0.1) is 0 Å². The highest BCUT2D eigenvalue weighted by atomic mass is 35.5. The Hall–Kier alpha value is -3.05. The molecule has 0 spiro atoms. The number of rotatable bonds is 8. The Morgan fingerprint density at radius 2 is 1.87 bits per heavy atom. The van der Waals surface area contributed by atoms with E-state index in [9.17, 15) is 18.0 Å². The summed E-state index contributed by atoms with van der Waals surface area (Å²) in [4.78, 5) is 28.1. The molecule has 0 bridgehead atoms. The van der Waals surface area contributed by atoms with Crippen LogP contribution in [0.2, 0.25) is 5.02 Å². The fraction of sp³-hybridized carbons (Fsp3) is 0.519. The number of aryl methyl sites for hydroxylation is 1. The molecule has 1 N–H and O–H groups in total. The second-order valence-electron chi connectivity index (χ2n) is 11.4. The Bertz CT molecular complexity index is 1470. The highest BCUT2D eigenvalue weighted by Gasteiger charge is 2.63. The quantitative estimate of drug-likeness (QED) is 0.512. The number of carbonyl (C=O) groups excluding carboxylic acids is 2.